The van der Waals surface area contributed by atoms with Crippen LogP contribution in [0.15, 0.2) is 35.7 Å². The van der Waals surface area contributed by atoms with Gasteiger partial charge in [0.2, 0.25) is 0 Å². The molecule has 0 bridgehead atoms. The summed E-state index contributed by atoms with van der Waals surface area (Å²) in [6.07, 6.45) is 0. The average Bonchev–Trinajstić information content (AvgIpc) is 3.28. The zero-order chi connectivity index (χ0) is 19.4. The molecule has 0 aliphatic rings. The molecular weight excluding hydrogens is 364 g/mol. The Balaban J connectivity index is 1.70. The predicted molar refractivity (Wildman–Crippen MR) is 105 cm³/mol. The number of nitrogens with zero attached hydrogens (tertiary/aromatic N) is 2. The second-order valence-electron chi connectivity index (χ2n) is 5.94. The summed E-state index contributed by atoms with van der Waals surface area (Å²) in [5.74, 6) is 1.01. The SMILES string of the molecule is CCOc1ccc(-c2nc(COC(=O)c3ccc(C)n3C)cs2)cc1OC. The highest BCUT2D eigenvalue weighted by Crippen LogP contribution is 2.33. The Bertz CT molecular complexity index is 945. The summed E-state index contributed by atoms with van der Waals surface area (Å²) < 4.78 is 18.1. The van der Waals surface area contributed by atoms with Gasteiger partial charge in [-0.05, 0) is 44.2 Å². The molecule has 1 aromatic carbocycles. The number of carbonyl (C=O) groups excluding carboxylic acids is 1. The van der Waals surface area contributed by atoms with Crippen molar-refractivity contribution in [3.05, 3.63) is 52.8 Å². The van der Waals surface area contributed by atoms with Crippen molar-refractivity contribution in [1.82, 2.24) is 9.55 Å². The van der Waals surface area contributed by atoms with E-state index >= 15 is 0 Å². The highest BCUT2D eigenvalue weighted by Gasteiger charge is 2.14. The van der Waals surface area contributed by atoms with Gasteiger partial charge in [-0.3, -0.25) is 0 Å². The van der Waals surface area contributed by atoms with E-state index in [4.69, 9.17) is 14.2 Å². The minimum absolute atomic E-state index is 0.133. The molecule has 3 aromatic rings. The van der Waals surface area contributed by atoms with E-state index in [0.717, 1.165) is 16.3 Å². The van der Waals surface area contributed by atoms with Crippen LogP contribution >= 0.6 is 11.3 Å². The fourth-order valence-electron chi connectivity index (χ4n) is 2.61. The smallest absolute Gasteiger partial charge is 0.355 e. The molecule has 3 rings (SSSR count). The van der Waals surface area contributed by atoms with Crippen LogP contribution in [0.1, 0.15) is 28.8 Å². The van der Waals surface area contributed by atoms with Crippen molar-refractivity contribution in [2.45, 2.75) is 20.5 Å². The number of aromatic nitrogens is 2. The third-order valence-corrected chi connectivity index (χ3v) is 5.14. The van der Waals surface area contributed by atoms with Gasteiger partial charge in [-0.25, -0.2) is 9.78 Å². The quantitative estimate of drug-likeness (QED) is 0.569. The average molecular weight is 386 g/mol. The van der Waals surface area contributed by atoms with Crippen molar-refractivity contribution in [3.8, 4) is 22.1 Å². The second-order valence-corrected chi connectivity index (χ2v) is 6.80. The van der Waals surface area contributed by atoms with Crippen molar-refractivity contribution >= 4 is 17.3 Å². The van der Waals surface area contributed by atoms with Crippen molar-refractivity contribution in [1.29, 1.82) is 0 Å². The van der Waals surface area contributed by atoms with E-state index in [1.165, 1.54) is 11.3 Å². The first-order valence-corrected chi connectivity index (χ1v) is 9.46. The van der Waals surface area contributed by atoms with E-state index < -0.39 is 0 Å². The molecular formula is C20H22N2O4S. The molecule has 0 unspecified atom stereocenters. The van der Waals surface area contributed by atoms with Gasteiger partial charge >= 0.3 is 5.97 Å². The molecule has 0 radical (unpaired) electrons. The van der Waals surface area contributed by atoms with E-state index in [2.05, 4.69) is 4.98 Å². The molecule has 0 atom stereocenters. The standard InChI is InChI=1S/C20H22N2O4S/c1-5-25-17-9-7-14(10-18(17)24-4)19-21-15(12-27-19)11-26-20(23)16-8-6-13(2)22(16)3/h6-10,12H,5,11H2,1-4H3. The van der Waals surface area contributed by atoms with Crippen LogP contribution in [-0.2, 0) is 18.4 Å². The molecule has 0 saturated heterocycles. The lowest BCUT2D eigenvalue weighted by Gasteiger charge is -2.10. The Morgan fingerprint density at radius 3 is 2.70 bits per heavy atom. The Hall–Kier alpha value is -2.80. The Labute approximate surface area is 162 Å². The van der Waals surface area contributed by atoms with Crippen LogP contribution in [0.5, 0.6) is 11.5 Å². The van der Waals surface area contributed by atoms with Crippen LogP contribution in [0.2, 0.25) is 0 Å². The molecule has 0 N–H and O–H groups in total. The molecule has 0 saturated carbocycles. The Morgan fingerprint density at radius 2 is 2.04 bits per heavy atom. The second kappa shape index (κ2) is 8.26. The van der Waals surface area contributed by atoms with Gasteiger partial charge in [-0.1, -0.05) is 0 Å². The fraction of sp³-hybridized carbons (Fsp3) is 0.300. The Morgan fingerprint density at radius 1 is 1.22 bits per heavy atom. The van der Waals surface area contributed by atoms with E-state index in [9.17, 15) is 4.79 Å². The number of benzene rings is 1. The number of carbonyl (C=O) groups is 1. The molecule has 0 aliphatic heterocycles. The van der Waals surface area contributed by atoms with Crippen molar-refractivity contribution < 1.29 is 19.0 Å². The lowest BCUT2D eigenvalue weighted by Crippen LogP contribution is -2.10. The van der Waals surface area contributed by atoms with Crippen LogP contribution in [0.3, 0.4) is 0 Å². The van der Waals surface area contributed by atoms with Gasteiger partial charge in [0.25, 0.3) is 0 Å². The van der Waals surface area contributed by atoms with Crippen LogP contribution in [0, 0.1) is 6.92 Å². The first-order valence-electron chi connectivity index (χ1n) is 8.58. The largest absolute Gasteiger partial charge is 0.493 e. The van der Waals surface area contributed by atoms with Gasteiger partial charge in [0.15, 0.2) is 11.5 Å². The van der Waals surface area contributed by atoms with Crippen LogP contribution in [-0.4, -0.2) is 29.2 Å². The maximum atomic E-state index is 12.2. The molecule has 0 amide bonds. The zero-order valence-corrected chi connectivity index (χ0v) is 16.6. The number of ether oxygens (including phenoxy) is 3. The molecule has 7 heteroatoms. The van der Waals surface area contributed by atoms with E-state index in [0.29, 0.717) is 29.5 Å². The molecule has 2 aromatic heterocycles. The molecule has 0 aliphatic carbocycles. The van der Waals surface area contributed by atoms with Crippen molar-refractivity contribution in [3.63, 3.8) is 0 Å². The maximum Gasteiger partial charge on any atom is 0.355 e. The first-order chi connectivity index (χ1) is 13.0. The summed E-state index contributed by atoms with van der Waals surface area (Å²) in [4.78, 5) is 16.8. The summed E-state index contributed by atoms with van der Waals surface area (Å²) in [5.41, 5.74) is 3.17. The van der Waals surface area contributed by atoms with Crippen LogP contribution in [0.4, 0.5) is 0 Å². The molecule has 6 nitrogen and oxygen atoms in total. The number of thiazole rings is 1. The molecule has 27 heavy (non-hydrogen) atoms. The highest BCUT2D eigenvalue weighted by molar-refractivity contribution is 7.13. The number of aryl methyl sites for hydroxylation is 1. The number of esters is 1. The van der Waals surface area contributed by atoms with E-state index in [1.807, 2.05) is 50.5 Å². The van der Waals surface area contributed by atoms with Crippen LogP contribution in [0.25, 0.3) is 10.6 Å². The molecule has 142 valence electrons. The highest BCUT2D eigenvalue weighted by atomic mass is 32.1. The summed E-state index contributed by atoms with van der Waals surface area (Å²) in [6, 6.07) is 9.35. The lowest BCUT2D eigenvalue weighted by molar-refractivity contribution is 0.0457. The van der Waals surface area contributed by atoms with E-state index in [1.54, 1.807) is 17.7 Å². The number of methoxy groups -OCH3 is 1. The number of hydrogen-bond donors (Lipinski definition) is 0. The van der Waals surface area contributed by atoms with Gasteiger partial charge in [0.05, 0.1) is 19.4 Å². The third-order valence-electron chi connectivity index (χ3n) is 4.20. The summed E-state index contributed by atoms with van der Waals surface area (Å²) in [5, 5.41) is 2.72. The predicted octanol–water partition coefficient (Wildman–Crippen LogP) is 4.22. The fourth-order valence-corrected chi connectivity index (χ4v) is 3.41. The summed E-state index contributed by atoms with van der Waals surface area (Å²) in [6.45, 7) is 4.57. The molecule has 0 spiro atoms. The van der Waals surface area contributed by atoms with Gasteiger partial charge in [-0.2, -0.15) is 0 Å². The monoisotopic (exact) mass is 386 g/mol. The lowest BCUT2D eigenvalue weighted by atomic mass is 10.2. The first kappa shape index (κ1) is 19.0. The van der Waals surface area contributed by atoms with Gasteiger partial charge in [0, 0.05) is 23.7 Å². The van der Waals surface area contributed by atoms with Crippen LogP contribution < -0.4 is 9.47 Å². The summed E-state index contributed by atoms with van der Waals surface area (Å²) in [7, 11) is 3.45. The van der Waals surface area contributed by atoms with Gasteiger partial charge in [0.1, 0.15) is 17.3 Å². The minimum Gasteiger partial charge on any atom is -0.493 e. The molecule has 2 heterocycles. The number of rotatable bonds is 7. The minimum atomic E-state index is -0.358. The Kier molecular flexibility index (Phi) is 5.81. The normalized spacial score (nSPS) is 10.7. The topological polar surface area (TPSA) is 62.6 Å². The zero-order valence-electron chi connectivity index (χ0n) is 15.8. The van der Waals surface area contributed by atoms with E-state index in [-0.39, 0.29) is 12.6 Å². The number of hydrogen-bond acceptors (Lipinski definition) is 6. The third kappa shape index (κ3) is 4.14. The van der Waals surface area contributed by atoms with Gasteiger partial charge < -0.3 is 18.8 Å². The van der Waals surface area contributed by atoms with Crippen molar-refractivity contribution in [2.24, 2.45) is 7.05 Å². The molecule has 0 fully saturated rings. The maximum absolute atomic E-state index is 12.2. The van der Waals surface area contributed by atoms with Crippen molar-refractivity contribution in [2.75, 3.05) is 13.7 Å². The summed E-state index contributed by atoms with van der Waals surface area (Å²) >= 11 is 1.49. The van der Waals surface area contributed by atoms with Gasteiger partial charge in [-0.15, -0.1) is 11.3 Å².